The molecule has 0 saturated carbocycles. The summed E-state index contributed by atoms with van der Waals surface area (Å²) in [5.41, 5.74) is 4.13. The SMILES string of the molecule is C=C(F)/C=C(/NC)c1[nH]c2ncc(-c3cnc4c(c3)c(=O)c(C(=O)O)cn4NC)c(N3CCC4CN(C)CCC43)c2c1F. The average Bonchev–Trinajstić information content (AvgIpc) is 3.55. The molecular weight excluding hydrogens is 558 g/mol. The van der Waals surface area contributed by atoms with Gasteiger partial charge < -0.3 is 30.6 Å². The van der Waals surface area contributed by atoms with E-state index in [1.54, 1.807) is 32.6 Å². The molecule has 2 fully saturated rings. The number of aromatic carboxylic acids is 1. The average molecular weight is 591 g/mol. The Labute approximate surface area is 245 Å². The number of piperidine rings is 1. The van der Waals surface area contributed by atoms with Gasteiger partial charge in [-0.1, -0.05) is 6.58 Å². The molecule has 13 heteroatoms. The maximum Gasteiger partial charge on any atom is 0.341 e. The van der Waals surface area contributed by atoms with E-state index in [0.717, 1.165) is 32.0 Å². The number of hydrogen-bond acceptors (Lipinski definition) is 8. The number of rotatable bonds is 7. The topological polar surface area (TPSA) is 131 Å². The van der Waals surface area contributed by atoms with Crippen molar-refractivity contribution in [1.82, 2.24) is 29.8 Å². The molecule has 0 aromatic carbocycles. The number of aromatic amines is 1. The Morgan fingerprint density at radius 3 is 2.72 bits per heavy atom. The van der Waals surface area contributed by atoms with Crippen LogP contribution in [-0.2, 0) is 0 Å². The van der Waals surface area contributed by atoms with E-state index in [0.29, 0.717) is 29.3 Å². The summed E-state index contributed by atoms with van der Waals surface area (Å²) in [6.07, 6.45) is 7.29. The molecule has 6 rings (SSSR count). The lowest BCUT2D eigenvalue weighted by atomic mass is 9.92. The minimum atomic E-state index is -1.36. The summed E-state index contributed by atoms with van der Waals surface area (Å²) in [7, 11) is 5.25. The largest absolute Gasteiger partial charge is 0.477 e. The number of anilines is 1. The van der Waals surface area contributed by atoms with Gasteiger partial charge in [-0.2, -0.15) is 0 Å². The number of carboxylic acid groups (broad SMARTS) is 1. The van der Waals surface area contributed by atoms with Crippen LogP contribution in [0.2, 0.25) is 0 Å². The number of aromatic nitrogens is 4. The van der Waals surface area contributed by atoms with Gasteiger partial charge in [-0.3, -0.25) is 4.79 Å². The first kappa shape index (κ1) is 28.3. The van der Waals surface area contributed by atoms with Gasteiger partial charge in [-0.25, -0.2) is 28.2 Å². The number of nitrogens with zero attached hydrogens (tertiary/aromatic N) is 5. The molecule has 11 nitrogen and oxygen atoms in total. The van der Waals surface area contributed by atoms with E-state index in [1.165, 1.54) is 10.9 Å². The number of likely N-dealkylation sites (tertiary alicyclic amines) is 1. The van der Waals surface area contributed by atoms with E-state index in [4.69, 9.17) is 0 Å². The highest BCUT2D eigenvalue weighted by molar-refractivity contribution is 6.02. The summed E-state index contributed by atoms with van der Waals surface area (Å²) in [6.45, 7) is 5.78. The van der Waals surface area contributed by atoms with Gasteiger partial charge in [-0.05, 0) is 44.5 Å². The van der Waals surface area contributed by atoms with Crippen LogP contribution in [0.25, 0.3) is 38.9 Å². The highest BCUT2D eigenvalue weighted by atomic mass is 19.1. The van der Waals surface area contributed by atoms with Gasteiger partial charge in [0.25, 0.3) is 0 Å². The van der Waals surface area contributed by atoms with Gasteiger partial charge in [0, 0.05) is 62.9 Å². The summed E-state index contributed by atoms with van der Waals surface area (Å²) in [6, 6.07) is 1.73. The maximum absolute atomic E-state index is 16.5. The van der Waals surface area contributed by atoms with Gasteiger partial charge in [0.1, 0.15) is 22.7 Å². The van der Waals surface area contributed by atoms with Crippen molar-refractivity contribution in [3.05, 3.63) is 70.4 Å². The Morgan fingerprint density at radius 2 is 2.02 bits per heavy atom. The second kappa shape index (κ2) is 10.8. The van der Waals surface area contributed by atoms with Crippen LogP contribution in [0.1, 0.15) is 28.9 Å². The van der Waals surface area contributed by atoms with Crippen molar-refractivity contribution in [3.63, 3.8) is 0 Å². The molecule has 2 aliphatic heterocycles. The van der Waals surface area contributed by atoms with E-state index in [-0.39, 0.29) is 39.5 Å². The second-order valence-electron chi connectivity index (χ2n) is 11.0. The zero-order valence-corrected chi connectivity index (χ0v) is 24.0. The van der Waals surface area contributed by atoms with Crippen LogP contribution in [0.5, 0.6) is 0 Å². The first-order valence-corrected chi connectivity index (χ1v) is 14.0. The Morgan fingerprint density at radius 1 is 1.23 bits per heavy atom. The highest BCUT2D eigenvalue weighted by Crippen LogP contribution is 2.45. The van der Waals surface area contributed by atoms with Crippen molar-refractivity contribution in [2.75, 3.05) is 51.1 Å². The Hall–Kier alpha value is -4.78. The molecule has 2 unspecified atom stereocenters. The van der Waals surface area contributed by atoms with Crippen LogP contribution >= 0.6 is 0 Å². The van der Waals surface area contributed by atoms with Crippen molar-refractivity contribution in [2.45, 2.75) is 18.9 Å². The van der Waals surface area contributed by atoms with E-state index in [1.807, 2.05) is 0 Å². The Balaban J connectivity index is 1.63. The number of pyridine rings is 3. The summed E-state index contributed by atoms with van der Waals surface area (Å²) in [4.78, 5) is 41.7. The van der Waals surface area contributed by atoms with Crippen molar-refractivity contribution >= 4 is 39.4 Å². The predicted octanol–water partition coefficient (Wildman–Crippen LogP) is 3.52. The number of carboxylic acids is 1. The van der Waals surface area contributed by atoms with Crippen LogP contribution in [0, 0.1) is 11.7 Å². The molecule has 4 aromatic heterocycles. The van der Waals surface area contributed by atoms with Crippen LogP contribution in [0.4, 0.5) is 14.5 Å². The fourth-order valence-corrected chi connectivity index (χ4v) is 6.55. The van der Waals surface area contributed by atoms with Gasteiger partial charge >= 0.3 is 5.97 Å². The molecule has 0 aliphatic carbocycles. The van der Waals surface area contributed by atoms with Gasteiger partial charge in [0.2, 0.25) is 5.43 Å². The molecule has 0 spiro atoms. The maximum atomic E-state index is 16.5. The quantitative estimate of drug-likeness (QED) is 0.239. The number of halogens is 2. The highest BCUT2D eigenvalue weighted by Gasteiger charge is 2.40. The molecule has 6 heterocycles. The van der Waals surface area contributed by atoms with Crippen LogP contribution in [0.15, 0.2) is 47.9 Å². The number of fused-ring (bicyclic) bond motifs is 3. The fraction of sp³-hybridized carbons (Fsp3) is 0.333. The molecule has 0 bridgehead atoms. The number of allylic oxidation sites excluding steroid dienone is 2. The molecule has 43 heavy (non-hydrogen) atoms. The van der Waals surface area contributed by atoms with Gasteiger partial charge in [0.05, 0.1) is 22.2 Å². The normalized spacial score (nSPS) is 19.2. The molecule has 2 atom stereocenters. The van der Waals surface area contributed by atoms with E-state index in [9.17, 15) is 19.1 Å². The molecule has 2 saturated heterocycles. The first-order chi connectivity index (χ1) is 20.6. The van der Waals surface area contributed by atoms with Crippen molar-refractivity contribution in [2.24, 2.45) is 5.92 Å². The smallest absolute Gasteiger partial charge is 0.341 e. The monoisotopic (exact) mass is 590 g/mol. The molecule has 224 valence electrons. The third kappa shape index (κ3) is 4.69. The third-order valence-electron chi connectivity index (χ3n) is 8.52. The standard InChI is InChI=1S/C30H32F2N8O3/c1-15(31)9-21(33-2)25-24(32)23-26(39-8-5-16-13-38(4)7-6-22(16)39)19(12-35-28(23)37-25)17-10-18-27(41)20(30(42)43)14-40(34-3)29(18)36-11-17/h9-12,14,16,22,33-34H,1,5-8,13H2,2-4H3,(H,35,37)(H,42,43)/b21-9+. The van der Waals surface area contributed by atoms with E-state index < -0.39 is 28.6 Å². The number of carbonyl (C=O) groups is 1. The lowest BCUT2D eigenvalue weighted by Crippen LogP contribution is -2.44. The summed E-state index contributed by atoms with van der Waals surface area (Å²) >= 11 is 0. The number of nitrogens with one attached hydrogen (secondary N) is 3. The summed E-state index contributed by atoms with van der Waals surface area (Å²) in [5, 5.41) is 12.8. The zero-order chi connectivity index (χ0) is 30.6. The molecule has 0 amide bonds. The van der Waals surface area contributed by atoms with E-state index >= 15 is 4.39 Å². The number of H-pyrrole nitrogens is 1. The summed E-state index contributed by atoms with van der Waals surface area (Å²) < 4.78 is 31.6. The Bertz CT molecular complexity index is 1880. The zero-order valence-electron chi connectivity index (χ0n) is 24.0. The number of hydrogen-bond donors (Lipinski definition) is 4. The van der Waals surface area contributed by atoms with E-state index in [2.05, 4.69) is 49.1 Å². The minimum Gasteiger partial charge on any atom is -0.477 e. The van der Waals surface area contributed by atoms with Crippen molar-refractivity contribution in [1.29, 1.82) is 0 Å². The molecule has 2 aliphatic rings. The van der Waals surface area contributed by atoms with Crippen molar-refractivity contribution in [3.8, 4) is 11.1 Å². The molecule has 0 radical (unpaired) electrons. The first-order valence-electron chi connectivity index (χ1n) is 14.0. The molecule has 4 aromatic rings. The van der Waals surface area contributed by atoms with Crippen LogP contribution in [0.3, 0.4) is 0 Å². The van der Waals surface area contributed by atoms with Gasteiger partial charge in [0.15, 0.2) is 11.5 Å². The fourth-order valence-electron chi connectivity index (χ4n) is 6.55. The Kier molecular flexibility index (Phi) is 7.12. The third-order valence-corrected chi connectivity index (χ3v) is 8.52. The predicted molar refractivity (Wildman–Crippen MR) is 162 cm³/mol. The van der Waals surface area contributed by atoms with Crippen LogP contribution in [-0.4, -0.2) is 82.4 Å². The lowest BCUT2D eigenvalue weighted by Gasteiger charge is -2.38. The van der Waals surface area contributed by atoms with Crippen LogP contribution < -0.4 is 21.1 Å². The molecular formula is C30H32F2N8O3. The lowest BCUT2D eigenvalue weighted by molar-refractivity contribution is 0.0695. The minimum absolute atomic E-state index is 0.0426. The van der Waals surface area contributed by atoms with Crippen molar-refractivity contribution < 1.29 is 18.7 Å². The summed E-state index contributed by atoms with van der Waals surface area (Å²) in [5.74, 6) is -2.31. The molecule has 4 N–H and O–H groups in total. The van der Waals surface area contributed by atoms with Gasteiger partial charge in [-0.15, -0.1) is 0 Å². The second-order valence-corrected chi connectivity index (χ2v) is 11.0.